The molecule has 138 valence electrons. The summed E-state index contributed by atoms with van der Waals surface area (Å²) in [5.74, 6) is -0.0977. The zero-order valence-corrected chi connectivity index (χ0v) is 16.0. The van der Waals surface area contributed by atoms with Gasteiger partial charge in [0.05, 0.1) is 10.3 Å². The van der Waals surface area contributed by atoms with Gasteiger partial charge in [0, 0.05) is 17.3 Å². The first-order valence-corrected chi connectivity index (χ1v) is 10.4. The standard InChI is InChI=1S/C19H21ClN2O3S/c1-2-12-21-26(24,25)17-8-6-16(7-9-17)22-18(23)19(10-11-19)14-4-3-5-15(20)13-14/h3-9,13,21H,2,10-12H2,1H3,(H,22,23). The summed E-state index contributed by atoms with van der Waals surface area (Å²) in [7, 11) is -3.51. The zero-order chi connectivity index (χ0) is 18.8. The Labute approximate surface area is 158 Å². The molecule has 2 aromatic carbocycles. The van der Waals surface area contributed by atoms with Gasteiger partial charge in [-0.1, -0.05) is 30.7 Å². The van der Waals surface area contributed by atoms with E-state index in [0.29, 0.717) is 17.3 Å². The Kier molecular flexibility index (Phi) is 5.37. The van der Waals surface area contributed by atoms with Crippen molar-refractivity contribution in [1.82, 2.24) is 4.72 Å². The minimum Gasteiger partial charge on any atom is -0.325 e. The van der Waals surface area contributed by atoms with Crippen LogP contribution < -0.4 is 10.0 Å². The molecule has 1 fully saturated rings. The summed E-state index contributed by atoms with van der Waals surface area (Å²) in [4.78, 5) is 12.9. The summed E-state index contributed by atoms with van der Waals surface area (Å²) >= 11 is 6.05. The van der Waals surface area contributed by atoms with E-state index < -0.39 is 15.4 Å². The lowest BCUT2D eigenvalue weighted by Gasteiger charge is -2.16. The van der Waals surface area contributed by atoms with Crippen LogP contribution in [0, 0.1) is 0 Å². The summed E-state index contributed by atoms with van der Waals surface area (Å²) in [6.07, 6.45) is 2.26. The zero-order valence-electron chi connectivity index (χ0n) is 14.5. The van der Waals surface area contributed by atoms with Crippen LogP contribution in [0.4, 0.5) is 5.69 Å². The van der Waals surface area contributed by atoms with E-state index in [1.165, 1.54) is 12.1 Å². The smallest absolute Gasteiger partial charge is 0.240 e. The molecule has 0 aromatic heterocycles. The predicted molar refractivity (Wildman–Crippen MR) is 103 cm³/mol. The Balaban J connectivity index is 1.72. The fourth-order valence-electron chi connectivity index (χ4n) is 2.85. The normalized spacial score (nSPS) is 15.5. The molecule has 1 saturated carbocycles. The second kappa shape index (κ2) is 7.39. The van der Waals surface area contributed by atoms with Gasteiger partial charge < -0.3 is 5.32 Å². The average molecular weight is 393 g/mol. The number of halogens is 1. The van der Waals surface area contributed by atoms with Crippen molar-refractivity contribution in [2.24, 2.45) is 0 Å². The third kappa shape index (κ3) is 3.92. The van der Waals surface area contributed by atoms with Crippen LogP contribution >= 0.6 is 11.6 Å². The maximum atomic E-state index is 12.7. The summed E-state index contributed by atoms with van der Waals surface area (Å²) in [5, 5.41) is 3.49. The van der Waals surface area contributed by atoms with Crippen LogP contribution in [0.1, 0.15) is 31.7 Å². The molecule has 1 amide bonds. The molecule has 26 heavy (non-hydrogen) atoms. The summed E-state index contributed by atoms with van der Waals surface area (Å²) in [6, 6.07) is 13.5. The van der Waals surface area contributed by atoms with Gasteiger partial charge in [-0.05, 0) is 61.2 Å². The molecule has 3 rings (SSSR count). The Hall–Kier alpha value is -1.89. The lowest BCUT2D eigenvalue weighted by Crippen LogP contribution is -2.28. The number of carbonyl (C=O) groups excluding carboxylic acids is 1. The third-order valence-electron chi connectivity index (χ3n) is 4.53. The molecule has 0 saturated heterocycles. The average Bonchev–Trinajstić information content (AvgIpc) is 3.42. The number of sulfonamides is 1. The number of carbonyl (C=O) groups is 1. The van der Waals surface area contributed by atoms with Crippen LogP contribution in [0.15, 0.2) is 53.4 Å². The van der Waals surface area contributed by atoms with Gasteiger partial charge in [-0.3, -0.25) is 4.79 Å². The molecule has 5 nitrogen and oxygen atoms in total. The molecule has 0 spiro atoms. The van der Waals surface area contributed by atoms with Crippen LogP contribution in [-0.2, 0) is 20.2 Å². The molecule has 7 heteroatoms. The SMILES string of the molecule is CCCNS(=O)(=O)c1ccc(NC(=O)C2(c3cccc(Cl)c3)CC2)cc1. The van der Waals surface area contributed by atoms with Crippen molar-refractivity contribution >= 4 is 33.2 Å². The van der Waals surface area contributed by atoms with Crippen molar-refractivity contribution in [3.63, 3.8) is 0 Å². The van der Waals surface area contributed by atoms with Crippen LogP contribution in [-0.4, -0.2) is 20.9 Å². The second-order valence-electron chi connectivity index (χ2n) is 6.47. The van der Waals surface area contributed by atoms with E-state index in [-0.39, 0.29) is 10.8 Å². The molecule has 0 atom stereocenters. The first kappa shape index (κ1) is 18.9. The Morgan fingerprint density at radius 3 is 2.42 bits per heavy atom. The molecule has 2 N–H and O–H groups in total. The van der Waals surface area contributed by atoms with Crippen LogP contribution in [0.3, 0.4) is 0 Å². The van der Waals surface area contributed by atoms with Crippen molar-refractivity contribution in [3.05, 3.63) is 59.1 Å². The number of nitrogens with one attached hydrogen (secondary N) is 2. The number of anilines is 1. The molecule has 0 heterocycles. The monoisotopic (exact) mass is 392 g/mol. The number of amides is 1. The molecule has 1 aliphatic carbocycles. The molecular weight excluding hydrogens is 372 g/mol. The van der Waals surface area contributed by atoms with E-state index in [0.717, 1.165) is 24.8 Å². The summed E-state index contributed by atoms with van der Waals surface area (Å²) < 4.78 is 26.7. The topological polar surface area (TPSA) is 75.3 Å². The van der Waals surface area contributed by atoms with E-state index in [1.54, 1.807) is 18.2 Å². The van der Waals surface area contributed by atoms with Gasteiger partial charge in [0.2, 0.25) is 15.9 Å². The fraction of sp³-hybridized carbons (Fsp3) is 0.316. The molecule has 1 aliphatic rings. The highest BCUT2D eigenvalue weighted by atomic mass is 35.5. The number of benzene rings is 2. The van der Waals surface area contributed by atoms with Gasteiger partial charge in [0.15, 0.2) is 0 Å². The molecule has 0 bridgehead atoms. The quantitative estimate of drug-likeness (QED) is 0.754. The van der Waals surface area contributed by atoms with Crippen molar-refractivity contribution < 1.29 is 13.2 Å². The largest absolute Gasteiger partial charge is 0.325 e. The van der Waals surface area contributed by atoms with Gasteiger partial charge in [-0.15, -0.1) is 0 Å². The molecule has 0 aliphatic heterocycles. The van der Waals surface area contributed by atoms with Gasteiger partial charge in [0.25, 0.3) is 0 Å². The first-order valence-electron chi connectivity index (χ1n) is 8.55. The van der Waals surface area contributed by atoms with Crippen LogP contribution in [0.25, 0.3) is 0 Å². The van der Waals surface area contributed by atoms with Crippen molar-refractivity contribution in [3.8, 4) is 0 Å². The van der Waals surface area contributed by atoms with Gasteiger partial charge in [-0.25, -0.2) is 13.1 Å². The molecular formula is C19H21ClN2O3S. The van der Waals surface area contributed by atoms with E-state index in [2.05, 4.69) is 10.0 Å². The highest BCUT2D eigenvalue weighted by Gasteiger charge is 2.51. The van der Waals surface area contributed by atoms with Gasteiger partial charge >= 0.3 is 0 Å². The Morgan fingerprint density at radius 1 is 1.15 bits per heavy atom. The highest BCUT2D eigenvalue weighted by Crippen LogP contribution is 2.49. The third-order valence-corrected chi connectivity index (χ3v) is 6.24. The van der Waals surface area contributed by atoms with Crippen molar-refractivity contribution in [2.45, 2.75) is 36.5 Å². The van der Waals surface area contributed by atoms with Crippen LogP contribution in [0.5, 0.6) is 0 Å². The molecule has 0 radical (unpaired) electrons. The van der Waals surface area contributed by atoms with E-state index >= 15 is 0 Å². The van der Waals surface area contributed by atoms with E-state index in [4.69, 9.17) is 11.6 Å². The Morgan fingerprint density at radius 2 is 1.85 bits per heavy atom. The fourth-order valence-corrected chi connectivity index (χ4v) is 4.17. The number of hydrogen-bond acceptors (Lipinski definition) is 3. The van der Waals surface area contributed by atoms with Crippen molar-refractivity contribution in [1.29, 1.82) is 0 Å². The highest BCUT2D eigenvalue weighted by molar-refractivity contribution is 7.89. The molecule has 2 aromatic rings. The maximum Gasteiger partial charge on any atom is 0.240 e. The lowest BCUT2D eigenvalue weighted by atomic mass is 9.95. The molecule has 0 unspecified atom stereocenters. The van der Waals surface area contributed by atoms with E-state index in [9.17, 15) is 13.2 Å². The van der Waals surface area contributed by atoms with E-state index in [1.807, 2.05) is 25.1 Å². The maximum absolute atomic E-state index is 12.7. The minimum absolute atomic E-state index is 0.0977. The second-order valence-corrected chi connectivity index (χ2v) is 8.67. The number of rotatable bonds is 7. The van der Waals surface area contributed by atoms with Crippen LogP contribution in [0.2, 0.25) is 5.02 Å². The minimum atomic E-state index is -3.51. The van der Waals surface area contributed by atoms with Gasteiger partial charge in [-0.2, -0.15) is 0 Å². The first-order chi connectivity index (χ1) is 12.4. The summed E-state index contributed by atoms with van der Waals surface area (Å²) in [5.41, 5.74) is 0.932. The summed E-state index contributed by atoms with van der Waals surface area (Å²) in [6.45, 7) is 2.29. The Bertz CT molecular complexity index is 907. The lowest BCUT2D eigenvalue weighted by molar-refractivity contribution is -0.118. The predicted octanol–water partition coefficient (Wildman–Crippen LogP) is 3.70. The van der Waals surface area contributed by atoms with Gasteiger partial charge in [0.1, 0.15) is 0 Å². The van der Waals surface area contributed by atoms with Crippen molar-refractivity contribution in [2.75, 3.05) is 11.9 Å². The number of hydrogen-bond donors (Lipinski definition) is 2.